The summed E-state index contributed by atoms with van der Waals surface area (Å²) >= 11 is 0. The third-order valence-corrected chi connectivity index (χ3v) is 9.22. The molecule has 3 aromatic carbocycles. The maximum atomic E-state index is 13.9. The highest BCUT2D eigenvalue weighted by Crippen LogP contribution is 2.40. The van der Waals surface area contributed by atoms with Gasteiger partial charge in [-0.1, -0.05) is 86.6 Å². The van der Waals surface area contributed by atoms with Gasteiger partial charge in [0, 0.05) is 30.3 Å². The van der Waals surface area contributed by atoms with Crippen LogP contribution in [0.5, 0.6) is 0 Å². The quantitative estimate of drug-likeness (QED) is 0.294. The monoisotopic (exact) mass is 596 g/mol. The lowest BCUT2D eigenvalue weighted by Gasteiger charge is -2.41. The highest BCUT2D eigenvalue weighted by molar-refractivity contribution is 5.95. The van der Waals surface area contributed by atoms with Crippen molar-refractivity contribution in [3.63, 3.8) is 0 Å². The van der Waals surface area contributed by atoms with E-state index >= 15 is 0 Å². The fourth-order valence-corrected chi connectivity index (χ4v) is 6.79. The van der Waals surface area contributed by atoms with Crippen molar-refractivity contribution in [1.29, 1.82) is 0 Å². The largest absolute Gasteiger partial charge is 0.356 e. The second kappa shape index (κ2) is 13.0. The lowest BCUT2D eigenvalue weighted by Crippen LogP contribution is -2.56. The Bertz CT molecular complexity index is 1550. The van der Waals surface area contributed by atoms with Crippen LogP contribution in [-0.4, -0.2) is 65.5 Å². The number of fused-ring (bicyclic) bond motifs is 1. The molecule has 5 atom stereocenters. The Hall–Kier alpha value is -4.53. The Morgan fingerprint density at radius 1 is 1.02 bits per heavy atom. The molecule has 0 spiro atoms. The van der Waals surface area contributed by atoms with E-state index in [2.05, 4.69) is 16.0 Å². The van der Waals surface area contributed by atoms with Crippen LogP contribution in [0, 0.1) is 11.3 Å². The maximum Gasteiger partial charge on any atom is 0.246 e. The molecule has 3 N–H and O–H groups in total. The lowest BCUT2D eigenvalue weighted by atomic mass is 9.71. The molecule has 2 aliphatic heterocycles. The van der Waals surface area contributed by atoms with Crippen molar-refractivity contribution in [2.75, 3.05) is 6.54 Å². The van der Waals surface area contributed by atoms with Gasteiger partial charge in [-0.25, -0.2) is 0 Å². The minimum absolute atomic E-state index is 0.109. The topological polar surface area (TPSA) is 125 Å². The van der Waals surface area contributed by atoms with Gasteiger partial charge in [0.25, 0.3) is 0 Å². The number of nitrogens with one attached hydrogen (secondary N) is 3. The van der Waals surface area contributed by atoms with Crippen LogP contribution in [-0.2, 0) is 36.8 Å². The average Bonchev–Trinajstić information content (AvgIpc) is 3.56. The molecule has 0 aliphatic carbocycles. The van der Waals surface area contributed by atoms with E-state index in [-0.39, 0.29) is 36.6 Å². The molecule has 9 heteroatoms. The normalized spacial score (nSPS) is 21.5. The van der Waals surface area contributed by atoms with Crippen molar-refractivity contribution in [3.8, 4) is 0 Å². The fourth-order valence-electron chi connectivity index (χ4n) is 6.79. The van der Waals surface area contributed by atoms with Gasteiger partial charge in [-0.05, 0) is 41.7 Å². The first-order valence-electron chi connectivity index (χ1n) is 15.3. The molecule has 0 radical (unpaired) electrons. The first kappa shape index (κ1) is 30.9. The lowest BCUT2D eigenvalue weighted by molar-refractivity contribution is -0.143. The summed E-state index contributed by atoms with van der Waals surface area (Å²) in [6, 6.07) is 20.0. The zero-order valence-corrected chi connectivity index (χ0v) is 25.4. The van der Waals surface area contributed by atoms with Gasteiger partial charge in [0.1, 0.15) is 18.4 Å². The second-order valence-corrected chi connectivity index (χ2v) is 12.6. The third-order valence-electron chi connectivity index (χ3n) is 9.22. The number of carbonyl (C=O) groups excluding carboxylic acids is 5. The van der Waals surface area contributed by atoms with Crippen molar-refractivity contribution in [1.82, 2.24) is 20.9 Å². The number of nitrogens with zero attached hydrogens (tertiary/aromatic N) is 1. The van der Waals surface area contributed by atoms with E-state index in [0.717, 1.165) is 28.2 Å². The molecule has 3 aromatic rings. The summed E-state index contributed by atoms with van der Waals surface area (Å²) < 4.78 is 0. The molecule has 1 unspecified atom stereocenters. The van der Waals surface area contributed by atoms with E-state index < -0.39 is 35.4 Å². The van der Waals surface area contributed by atoms with Gasteiger partial charge < -0.3 is 25.6 Å². The molecule has 9 nitrogen and oxygen atoms in total. The van der Waals surface area contributed by atoms with Crippen LogP contribution < -0.4 is 16.0 Å². The number of amides is 4. The zero-order valence-electron chi connectivity index (χ0n) is 25.4. The first-order valence-corrected chi connectivity index (χ1v) is 15.3. The summed E-state index contributed by atoms with van der Waals surface area (Å²) in [5.74, 6) is -1.66. The second-order valence-electron chi connectivity index (χ2n) is 12.6. The van der Waals surface area contributed by atoms with Crippen LogP contribution in [0.3, 0.4) is 0 Å². The predicted octanol–water partition coefficient (Wildman–Crippen LogP) is 2.95. The van der Waals surface area contributed by atoms with Gasteiger partial charge in [-0.3, -0.25) is 19.2 Å². The zero-order chi connectivity index (χ0) is 31.4. The number of hydrogen-bond acceptors (Lipinski definition) is 5. The number of carbonyl (C=O) groups is 5. The molecule has 2 aliphatic rings. The van der Waals surface area contributed by atoms with Crippen molar-refractivity contribution in [2.45, 2.75) is 70.6 Å². The number of aldehydes is 1. The van der Waals surface area contributed by atoms with Crippen LogP contribution in [0.25, 0.3) is 10.8 Å². The van der Waals surface area contributed by atoms with Crippen molar-refractivity contribution in [2.24, 2.45) is 11.3 Å². The van der Waals surface area contributed by atoms with Crippen LogP contribution >= 0.6 is 0 Å². The van der Waals surface area contributed by atoms with Crippen molar-refractivity contribution in [3.05, 3.63) is 83.9 Å². The summed E-state index contributed by atoms with van der Waals surface area (Å²) in [5, 5.41) is 10.6. The van der Waals surface area contributed by atoms with E-state index in [1.165, 1.54) is 4.90 Å². The maximum absolute atomic E-state index is 13.9. The highest BCUT2D eigenvalue weighted by atomic mass is 16.2. The molecular weight excluding hydrogens is 556 g/mol. The van der Waals surface area contributed by atoms with E-state index in [1.807, 2.05) is 93.6 Å². The average molecular weight is 597 g/mol. The molecule has 4 amide bonds. The van der Waals surface area contributed by atoms with Gasteiger partial charge in [0.2, 0.25) is 23.6 Å². The SMILES string of the molecule is CC1C[C@H](NC(=O)[C@H](Cc2cccc3ccccc23)NC(=O)Cc2ccccc2)C(=O)N1[C@H](C=O)C(C)(C)[C@@H]1CCNC1=O. The van der Waals surface area contributed by atoms with Gasteiger partial charge in [0.15, 0.2) is 0 Å². The Balaban J connectivity index is 1.36. The molecule has 2 heterocycles. The van der Waals surface area contributed by atoms with Gasteiger partial charge in [0.05, 0.1) is 12.5 Å². The number of likely N-dealkylation sites (tertiary alicyclic amines) is 1. The van der Waals surface area contributed by atoms with Crippen molar-refractivity contribution >= 4 is 40.7 Å². The third kappa shape index (κ3) is 6.37. The fraction of sp³-hybridized carbons (Fsp3) is 0.400. The summed E-state index contributed by atoms with van der Waals surface area (Å²) in [6.07, 6.45) is 1.98. The van der Waals surface area contributed by atoms with Gasteiger partial charge in [-0.2, -0.15) is 0 Å². The van der Waals surface area contributed by atoms with E-state index in [1.54, 1.807) is 0 Å². The molecular formula is C35H40N4O5. The minimum atomic E-state index is -0.935. The Morgan fingerprint density at radius 2 is 1.73 bits per heavy atom. The molecule has 230 valence electrons. The minimum Gasteiger partial charge on any atom is -0.356 e. The standard InChI is InChI=1S/C35H40N4O5/c1-22-18-29(34(44)39(22)30(21-40)35(2,3)27-16-17-36-32(27)42)38-33(43)28(37-31(41)19-23-10-5-4-6-11-23)20-25-14-9-13-24-12-7-8-15-26(24)25/h4-15,21-22,27-30H,16-20H2,1-3H3,(H,36,42)(H,37,41)(H,38,43)/t22?,27-,28+,29+,30-/m1/s1. The summed E-state index contributed by atoms with van der Waals surface area (Å²) in [5.41, 5.74) is 0.921. The van der Waals surface area contributed by atoms with Crippen molar-refractivity contribution < 1.29 is 24.0 Å². The van der Waals surface area contributed by atoms with Crippen LogP contribution in [0.15, 0.2) is 72.8 Å². The van der Waals surface area contributed by atoms with Gasteiger partial charge in [-0.15, -0.1) is 0 Å². The highest BCUT2D eigenvalue weighted by Gasteiger charge is 2.51. The number of benzene rings is 3. The summed E-state index contributed by atoms with van der Waals surface area (Å²) in [6.45, 7) is 6.07. The molecule has 0 saturated carbocycles. The molecule has 44 heavy (non-hydrogen) atoms. The Kier molecular flexibility index (Phi) is 9.13. The number of rotatable bonds is 11. The van der Waals surface area contributed by atoms with E-state index in [0.29, 0.717) is 19.4 Å². The van der Waals surface area contributed by atoms with Gasteiger partial charge >= 0.3 is 0 Å². The van der Waals surface area contributed by atoms with Crippen LogP contribution in [0.2, 0.25) is 0 Å². The smallest absolute Gasteiger partial charge is 0.246 e. The molecule has 0 aromatic heterocycles. The first-order chi connectivity index (χ1) is 21.1. The molecule has 0 bridgehead atoms. The Labute approximate surface area is 257 Å². The van der Waals surface area contributed by atoms with E-state index in [9.17, 15) is 24.0 Å². The summed E-state index contributed by atoms with van der Waals surface area (Å²) in [7, 11) is 0. The molecule has 5 rings (SSSR count). The van der Waals surface area contributed by atoms with Crippen LogP contribution in [0.1, 0.15) is 44.7 Å². The van der Waals surface area contributed by atoms with E-state index in [4.69, 9.17) is 0 Å². The number of hydrogen-bond donors (Lipinski definition) is 3. The molecule has 2 saturated heterocycles. The molecule has 2 fully saturated rings. The predicted molar refractivity (Wildman–Crippen MR) is 167 cm³/mol. The summed E-state index contributed by atoms with van der Waals surface area (Å²) in [4.78, 5) is 67.3. The Morgan fingerprint density at radius 3 is 2.43 bits per heavy atom. The van der Waals surface area contributed by atoms with Crippen LogP contribution in [0.4, 0.5) is 0 Å².